The van der Waals surface area contributed by atoms with Gasteiger partial charge in [-0.2, -0.15) is 0 Å². The predicted octanol–water partition coefficient (Wildman–Crippen LogP) is 4.34. The topological polar surface area (TPSA) is 58.6 Å². The van der Waals surface area contributed by atoms with Crippen molar-refractivity contribution in [1.29, 1.82) is 0 Å². The van der Waals surface area contributed by atoms with E-state index in [2.05, 4.69) is 5.32 Å². The lowest BCUT2D eigenvalue weighted by molar-refractivity contribution is -0.133. The van der Waals surface area contributed by atoms with Gasteiger partial charge in [-0.1, -0.05) is 31.0 Å². The van der Waals surface area contributed by atoms with Crippen molar-refractivity contribution in [2.24, 2.45) is 0 Å². The molecule has 0 radical (unpaired) electrons. The molecular formula is C23H28N2O3. The van der Waals surface area contributed by atoms with E-state index in [0.29, 0.717) is 11.3 Å². The van der Waals surface area contributed by atoms with E-state index in [9.17, 15) is 9.59 Å². The van der Waals surface area contributed by atoms with Crippen LogP contribution in [0.25, 0.3) is 0 Å². The van der Waals surface area contributed by atoms with Crippen LogP contribution in [0.1, 0.15) is 47.2 Å². The van der Waals surface area contributed by atoms with Gasteiger partial charge in [-0.05, 0) is 62.1 Å². The van der Waals surface area contributed by atoms with Gasteiger partial charge in [0.25, 0.3) is 11.8 Å². The molecule has 148 valence electrons. The number of ether oxygens (including phenoxy) is 1. The minimum Gasteiger partial charge on any atom is -0.483 e. The molecule has 1 aliphatic heterocycles. The molecule has 0 aliphatic carbocycles. The third-order valence-electron chi connectivity index (χ3n) is 5.21. The Hall–Kier alpha value is -2.82. The highest BCUT2D eigenvalue weighted by Gasteiger charge is 2.18. The van der Waals surface area contributed by atoms with E-state index in [1.165, 1.54) is 18.4 Å². The number of benzene rings is 2. The molecule has 0 spiro atoms. The number of amides is 2. The maximum absolute atomic E-state index is 12.7. The van der Waals surface area contributed by atoms with Crippen molar-refractivity contribution >= 4 is 17.5 Å². The number of nitrogens with one attached hydrogen (secondary N) is 1. The smallest absolute Gasteiger partial charge is 0.260 e. The molecule has 1 N–H and O–H groups in total. The average Bonchev–Trinajstić information content (AvgIpc) is 2.99. The Labute approximate surface area is 166 Å². The largest absolute Gasteiger partial charge is 0.483 e. The first-order chi connectivity index (χ1) is 13.5. The number of aryl methyl sites for hydroxylation is 2. The summed E-state index contributed by atoms with van der Waals surface area (Å²) in [5, 5.41) is 2.91. The molecule has 5 nitrogen and oxygen atoms in total. The summed E-state index contributed by atoms with van der Waals surface area (Å²) in [7, 11) is 0. The van der Waals surface area contributed by atoms with E-state index < -0.39 is 0 Å². The summed E-state index contributed by atoms with van der Waals surface area (Å²) in [6.07, 6.45) is 4.43. The Morgan fingerprint density at radius 2 is 1.68 bits per heavy atom. The number of rotatable bonds is 5. The third-order valence-corrected chi connectivity index (χ3v) is 5.21. The lowest BCUT2D eigenvalue weighted by Gasteiger charge is -2.20. The standard InChI is InChI=1S/C23H28N2O3/c1-17-11-12-19(15-18(17)2)24-23(27)20-9-5-6-10-21(20)28-16-22(26)25-13-7-3-4-8-14-25/h5-6,9-12,15H,3-4,7-8,13-14,16H2,1-2H3,(H,24,27). The fraction of sp³-hybridized carbons (Fsp3) is 0.391. The fourth-order valence-electron chi connectivity index (χ4n) is 3.35. The van der Waals surface area contributed by atoms with E-state index in [4.69, 9.17) is 4.74 Å². The van der Waals surface area contributed by atoms with Crippen LogP contribution in [0.15, 0.2) is 42.5 Å². The summed E-state index contributed by atoms with van der Waals surface area (Å²) in [5.41, 5.74) is 3.45. The maximum atomic E-state index is 12.7. The Morgan fingerprint density at radius 1 is 0.964 bits per heavy atom. The highest BCUT2D eigenvalue weighted by molar-refractivity contribution is 6.06. The van der Waals surface area contributed by atoms with Gasteiger partial charge in [0.15, 0.2) is 6.61 Å². The normalized spacial score (nSPS) is 14.3. The Kier molecular flexibility index (Phi) is 6.69. The summed E-state index contributed by atoms with van der Waals surface area (Å²) in [6, 6.07) is 12.8. The molecule has 2 amide bonds. The molecule has 1 fully saturated rings. The van der Waals surface area contributed by atoms with Crippen LogP contribution in [0.5, 0.6) is 5.75 Å². The molecule has 3 rings (SSSR count). The Morgan fingerprint density at radius 3 is 2.39 bits per heavy atom. The average molecular weight is 380 g/mol. The molecule has 1 aliphatic rings. The summed E-state index contributed by atoms with van der Waals surface area (Å²) in [4.78, 5) is 27.1. The first-order valence-electron chi connectivity index (χ1n) is 9.93. The molecule has 0 bridgehead atoms. The van der Waals surface area contributed by atoms with Crippen molar-refractivity contribution in [3.8, 4) is 5.75 Å². The maximum Gasteiger partial charge on any atom is 0.260 e. The van der Waals surface area contributed by atoms with Gasteiger partial charge in [0.2, 0.25) is 0 Å². The molecular weight excluding hydrogens is 352 g/mol. The van der Waals surface area contributed by atoms with Crippen molar-refractivity contribution in [3.63, 3.8) is 0 Å². The van der Waals surface area contributed by atoms with Gasteiger partial charge in [0, 0.05) is 18.8 Å². The van der Waals surface area contributed by atoms with Gasteiger partial charge in [0.05, 0.1) is 5.56 Å². The number of likely N-dealkylation sites (tertiary alicyclic amines) is 1. The number of hydrogen-bond acceptors (Lipinski definition) is 3. The Balaban J connectivity index is 1.65. The molecule has 0 aromatic heterocycles. The molecule has 2 aromatic carbocycles. The van der Waals surface area contributed by atoms with Crippen LogP contribution in [0, 0.1) is 13.8 Å². The van der Waals surface area contributed by atoms with Gasteiger partial charge in [-0.25, -0.2) is 0 Å². The molecule has 28 heavy (non-hydrogen) atoms. The zero-order chi connectivity index (χ0) is 19.9. The molecule has 5 heteroatoms. The van der Waals surface area contributed by atoms with Gasteiger partial charge in [-0.15, -0.1) is 0 Å². The second-order valence-corrected chi connectivity index (χ2v) is 7.33. The van der Waals surface area contributed by atoms with Crippen molar-refractivity contribution in [2.45, 2.75) is 39.5 Å². The van der Waals surface area contributed by atoms with Gasteiger partial charge < -0.3 is 15.0 Å². The van der Waals surface area contributed by atoms with Crippen LogP contribution >= 0.6 is 0 Å². The van der Waals surface area contributed by atoms with Crippen LogP contribution in [0.4, 0.5) is 5.69 Å². The van der Waals surface area contributed by atoms with Crippen molar-refractivity contribution in [1.82, 2.24) is 4.90 Å². The minimum absolute atomic E-state index is 0.0220. The second kappa shape index (κ2) is 9.40. The van der Waals surface area contributed by atoms with Crippen LogP contribution in [-0.4, -0.2) is 36.4 Å². The minimum atomic E-state index is -0.249. The molecule has 0 saturated carbocycles. The Bertz CT molecular complexity index is 839. The first kappa shape index (κ1) is 19.9. The van der Waals surface area contributed by atoms with Crippen LogP contribution < -0.4 is 10.1 Å². The number of nitrogens with zero attached hydrogens (tertiary/aromatic N) is 1. The van der Waals surface area contributed by atoms with Crippen molar-refractivity contribution in [2.75, 3.05) is 25.0 Å². The number of carbonyl (C=O) groups is 2. The van der Waals surface area contributed by atoms with E-state index in [-0.39, 0.29) is 18.4 Å². The molecule has 1 saturated heterocycles. The van der Waals surface area contributed by atoms with Gasteiger partial charge in [-0.3, -0.25) is 9.59 Å². The molecule has 0 unspecified atom stereocenters. The first-order valence-corrected chi connectivity index (χ1v) is 9.93. The van der Waals surface area contributed by atoms with Gasteiger partial charge in [0.1, 0.15) is 5.75 Å². The predicted molar refractivity (Wildman–Crippen MR) is 111 cm³/mol. The van der Waals surface area contributed by atoms with E-state index in [1.54, 1.807) is 24.3 Å². The van der Waals surface area contributed by atoms with Crippen LogP contribution in [-0.2, 0) is 4.79 Å². The summed E-state index contributed by atoms with van der Waals surface area (Å²) >= 11 is 0. The van der Waals surface area contributed by atoms with E-state index in [0.717, 1.165) is 37.2 Å². The monoisotopic (exact) mass is 380 g/mol. The second-order valence-electron chi connectivity index (χ2n) is 7.33. The van der Waals surface area contributed by atoms with Crippen molar-refractivity contribution < 1.29 is 14.3 Å². The van der Waals surface area contributed by atoms with E-state index >= 15 is 0 Å². The summed E-state index contributed by atoms with van der Waals surface area (Å²) in [6.45, 7) is 5.57. The molecule has 2 aromatic rings. The SMILES string of the molecule is Cc1ccc(NC(=O)c2ccccc2OCC(=O)N2CCCCCC2)cc1C. The van der Waals surface area contributed by atoms with E-state index in [1.807, 2.05) is 36.9 Å². The highest BCUT2D eigenvalue weighted by Crippen LogP contribution is 2.21. The highest BCUT2D eigenvalue weighted by atomic mass is 16.5. The van der Waals surface area contributed by atoms with Crippen LogP contribution in [0.2, 0.25) is 0 Å². The van der Waals surface area contributed by atoms with Crippen LogP contribution in [0.3, 0.4) is 0 Å². The van der Waals surface area contributed by atoms with Crippen molar-refractivity contribution in [3.05, 3.63) is 59.2 Å². The molecule has 0 atom stereocenters. The number of carbonyl (C=O) groups excluding carboxylic acids is 2. The molecule has 1 heterocycles. The summed E-state index contributed by atoms with van der Waals surface area (Å²) in [5.74, 6) is 0.152. The number of anilines is 1. The quantitative estimate of drug-likeness (QED) is 0.840. The summed E-state index contributed by atoms with van der Waals surface area (Å²) < 4.78 is 5.74. The zero-order valence-corrected chi connectivity index (χ0v) is 16.7. The lowest BCUT2D eigenvalue weighted by atomic mass is 10.1. The lowest BCUT2D eigenvalue weighted by Crippen LogP contribution is -2.35. The number of hydrogen-bond donors (Lipinski definition) is 1. The fourth-order valence-corrected chi connectivity index (χ4v) is 3.35. The third kappa shape index (κ3) is 5.12. The van der Waals surface area contributed by atoms with Gasteiger partial charge >= 0.3 is 0 Å². The number of para-hydroxylation sites is 1. The zero-order valence-electron chi connectivity index (χ0n) is 16.7.